The van der Waals surface area contributed by atoms with Gasteiger partial charge in [-0.2, -0.15) is 0 Å². The summed E-state index contributed by atoms with van der Waals surface area (Å²) in [7, 11) is 0. The molecular weight excluding hydrogens is 233 g/mol. The molecule has 1 aliphatic rings. The molecule has 96 valence electrons. The summed E-state index contributed by atoms with van der Waals surface area (Å²) in [6.45, 7) is 6.48. The minimum absolute atomic E-state index is 0.0251. The molecule has 2 rings (SSSR count). The van der Waals surface area contributed by atoms with E-state index in [-0.39, 0.29) is 16.7 Å². The molecule has 1 aliphatic heterocycles. The molecule has 1 aromatic carbocycles. The molecule has 3 nitrogen and oxygen atoms in total. The van der Waals surface area contributed by atoms with Gasteiger partial charge < -0.3 is 4.90 Å². The standard InChI is InChI=1S/C14H16FNO2/c1-14(2,3)7-8-16-11-9(12(17)13(16)18)5-4-6-10(11)15/h4-6H,7-8H2,1-3H3. The molecule has 0 bridgehead atoms. The highest BCUT2D eigenvalue weighted by Crippen LogP contribution is 2.33. The van der Waals surface area contributed by atoms with Gasteiger partial charge in [0.25, 0.3) is 11.7 Å². The van der Waals surface area contributed by atoms with Crippen LogP contribution in [0.1, 0.15) is 37.6 Å². The summed E-state index contributed by atoms with van der Waals surface area (Å²) in [5.41, 5.74) is 0.336. The molecule has 1 aromatic rings. The lowest BCUT2D eigenvalue weighted by Crippen LogP contribution is -2.33. The van der Waals surface area contributed by atoms with E-state index < -0.39 is 17.5 Å². The number of nitrogens with zero attached hydrogens (tertiary/aromatic N) is 1. The number of carbonyl (C=O) groups excluding carboxylic acids is 2. The highest BCUT2D eigenvalue weighted by molar-refractivity contribution is 6.52. The number of benzene rings is 1. The van der Waals surface area contributed by atoms with Crippen LogP contribution in [0.2, 0.25) is 0 Å². The second-order valence-corrected chi connectivity index (χ2v) is 5.73. The molecule has 0 spiro atoms. The van der Waals surface area contributed by atoms with Crippen molar-refractivity contribution in [2.45, 2.75) is 27.2 Å². The maximum atomic E-state index is 13.8. The third-order valence-corrected chi connectivity index (χ3v) is 3.03. The highest BCUT2D eigenvalue weighted by atomic mass is 19.1. The van der Waals surface area contributed by atoms with Gasteiger partial charge in [-0.05, 0) is 24.0 Å². The van der Waals surface area contributed by atoms with Gasteiger partial charge in [0.1, 0.15) is 5.82 Å². The zero-order valence-corrected chi connectivity index (χ0v) is 10.8. The monoisotopic (exact) mass is 249 g/mol. The Balaban J connectivity index is 2.34. The van der Waals surface area contributed by atoms with Gasteiger partial charge in [-0.15, -0.1) is 0 Å². The largest absolute Gasteiger partial charge is 0.302 e. The molecule has 0 radical (unpaired) electrons. The van der Waals surface area contributed by atoms with Crippen molar-refractivity contribution >= 4 is 17.4 Å². The summed E-state index contributed by atoms with van der Waals surface area (Å²) in [6, 6.07) is 4.22. The third-order valence-electron chi connectivity index (χ3n) is 3.03. The molecule has 0 atom stereocenters. The van der Waals surface area contributed by atoms with Crippen LogP contribution in [0.3, 0.4) is 0 Å². The lowest BCUT2D eigenvalue weighted by atomic mass is 9.92. The van der Waals surface area contributed by atoms with E-state index >= 15 is 0 Å². The van der Waals surface area contributed by atoms with Gasteiger partial charge in [-0.3, -0.25) is 9.59 Å². The number of amides is 1. The van der Waals surface area contributed by atoms with Gasteiger partial charge in [-0.25, -0.2) is 4.39 Å². The second-order valence-electron chi connectivity index (χ2n) is 5.73. The Labute approximate surface area is 106 Å². The van der Waals surface area contributed by atoms with E-state index in [1.807, 2.05) is 20.8 Å². The van der Waals surface area contributed by atoms with E-state index in [4.69, 9.17) is 0 Å². The Morgan fingerprint density at radius 2 is 1.89 bits per heavy atom. The molecule has 0 aliphatic carbocycles. The van der Waals surface area contributed by atoms with Crippen LogP contribution in [0.5, 0.6) is 0 Å². The number of anilines is 1. The minimum atomic E-state index is -0.626. The Kier molecular flexibility index (Phi) is 2.97. The number of rotatable bonds is 2. The number of ketones is 1. The normalized spacial score (nSPS) is 15.2. The van der Waals surface area contributed by atoms with Crippen molar-refractivity contribution in [3.63, 3.8) is 0 Å². The predicted octanol–water partition coefficient (Wildman–Crippen LogP) is 2.79. The predicted molar refractivity (Wildman–Crippen MR) is 67.2 cm³/mol. The first kappa shape index (κ1) is 12.7. The summed E-state index contributed by atoms with van der Waals surface area (Å²) < 4.78 is 13.8. The van der Waals surface area contributed by atoms with Crippen LogP contribution < -0.4 is 4.90 Å². The van der Waals surface area contributed by atoms with Crippen LogP contribution in [-0.2, 0) is 4.79 Å². The molecule has 18 heavy (non-hydrogen) atoms. The molecule has 0 unspecified atom stereocenters. The van der Waals surface area contributed by atoms with Crippen LogP contribution in [-0.4, -0.2) is 18.2 Å². The number of Topliss-reactive ketones (excluding diaryl/α,β-unsaturated/α-hetero) is 1. The van der Waals surface area contributed by atoms with Crippen molar-refractivity contribution in [1.82, 2.24) is 0 Å². The zero-order valence-electron chi connectivity index (χ0n) is 10.8. The van der Waals surface area contributed by atoms with E-state index in [0.29, 0.717) is 13.0 Å². The van der Waals surface area contributed by atoms with Crippen LogP contribution in [0, 0.1) is 11.2 Å². The maximum absolute atomic E-state index is 13.8. The zero-order chi connectivity index (χ0) is 13.5. The molecule has 0 fully saturated rings. The second kappa shape index (κ2) is 4.19. The maximum Gasteiger partial charge on any atom is 0.299 e. The Morgan fingerprint density at radius 1 is 1.22 bits per heavy atom. The van der Waals surface area contributed by atoms with Crippen molar-refractivity contribution in [2.24, 2.45) is 5.41 Å². The van der Waals surface area contributed by atoms with Gasteiger partial charge in [-0.1, -0.05) is 26.8 Å². The van der Waals surface area contributed by atoms with Gasteiger partial charge in [0.2, 0.25) is 0 Å². The van der Waals surface area contributed by atoms with Crippen LogP contribution >= 0.6 is 0 Å². The van der Waals surface area contributed by atoms with E-state index in [1.165, 1.54) is 23.1 Å². The Morgan fingerprint density at radius 3 is 2.50 bits per heavy atom. The molecule has 0 saturated heterocycles. The van der Waals surface area contributed by atoms with Gasteiger partial charge in [0, 0.05) is 6.54 Å². The number of para-hydroxylation sites is 1. The molecule has 4 heteroatoms. The van der Waals surface area contributed by atoms with Crippen molar-refractivity contribution in [1.29, 1.82) is 0 Å². The van der Waals surface area contributed by atoms with Crippen molar-refractivity contribution in [3.05, 3.63) is 29.6 Å². The molecule has 1 heterocycles. The molecule has 0 saturated carbocycles. The number of carbonyl (C=O) groups is 2. The SMILES string of the molecule is CC(C)(C)CCN1C(=O)C(=O)c2cccc(F)c21. The van der Waals surface area contributed by atoms with Gasteiger partial charge >= 0.3 is 0 Å². The molecule has 1 amide bonds. The van der Waals surface area contributed by atoms with Crippen LogP contribution in [0.15, 0.2) is 18.2 Å². The Hall–Kier alpha value is -1.71. The fraction of sp³-hybridized carbons (Fsp3) is 0.429. The molecule has 0 aromatic heterocycles. The topological polar surface area (TPSA) is 37.4 Å². The first-order valence-electron chi connectivity index (χ1n) is 5.96. The fourth-order valence-corrected chi connectivity index (χ4v) is 1.97. The average Bonchev–Trinajstić information content (AvgIpc) is 2.51. The van der Waals surface area contributed by atoms with Crippen molar-refractivity contribution in [2.75, 3.05) is 11.4 Å². The molecular formula is C14H16FNO2. The van der Waals surface area contributed by atoms with E-state index in [1.54, 1.807) is 0 Å². The van der Waals surface area contributed by atoms with Crippen LogP contribution in [0.25, 0.3) is 0 Å². The van der Waals surface area contributed by atoms with E-state index in [9.17, 15) is 14.0 Å². The van der Waals surface area contributed by atoms with Crippen LogP contribution in [0.4, 0.5) is 10.1 Å². The van der Waals surface area contributed by atoms with E-state index in [2.05, 4.69) is 0 Å². The fourth-order valence-electron chi connectivity index (χ4n) is 1.97. The van der Waals surface area contributed by atoms with E-state index in [0.717, 1.165) is 0 Å². The summed E-state index contributed by atoms with van der Waals surface area (Å²) in [5, 5.41) is 0. The summed E-state index contributed by atoms with van der Waals surface area (Å²) in [6.07, 6.45) is 0.708. The number of hydrogen-bond acceptors (Lipinski definition) is 2. The number of halogens is 1. The van der Waals surface area contributed by atoms with Gasteiger partial charge in [0.05, 0.1) is 11.3 Å². The van der Waals surface area contributed by atoms with Crippen molar-refractivity contribution in [3.8, 4) is 0 Å². The average molecular weight is 249 g/mol. The van der Waals surface area contributed by atoms with Gasteiger partial charge in [0.15, 0.2) is 0 Å². The summed E-state index contributed by atoms with van der Waals surface area (Å²) in [4.78, 5) is 24.8. The number of hydrogen-bond donors (Lipinski definition) is 0. The number of fused-ring (bicyclic) bond motifs is 1. The lowest BCUT2D eigenvalue weighted by molar-refractivity contribution is -0.114. The quantitative estimate of drug-likeness (QED) is 0.756. The Bertz CT molecular complexity index is 517. The lowest BCUT2D eigenvalue weighted by Gasteiger charge is -2.23. The van der Waals surface area contributed by atoms with Crippen molar-refractivity contribution < 1.29 is 14.0 Å². The first-order chi connectivity index (χ1) is 8.31. The smallest absolute Gasteiger partial charge is 0.299 e. The highest BCUT2D eigenvalue weighted by Gasteiger charge is 2.37. The minimum Gasteiger partial charge on any atom is -0.302 e. The summed E-state index contributed by atoms with van der Waals surface area (Å²) in [5.74, 6) is -1.75. The third kappa shape index (κ3) is 2.15. The molecule has 0 N–H and O–H groups in total. The first-order valence-corrected chi connectivity index (χ1v) is 5.96. The summed E-state index contributed by atoms with van der Waals surface area (Å²) >= 11 is 0.